The van der Waals surface area contributed by atoms with Crippen molar-refractivity contribution in [2.75, 3.05) is 19.7 Å². The van der Waals surface area contributed by atoms with Crippen LogP contribution < -0.4 is 0 Å². The number of carbonyl (C=O) groups excluding carboxylic acids is 1. The van der Waals surface area contributed by atoms with Crippen molar-refractivity contribution in [1.82, 2.24) is 4.90 Å². The molecule has 1 aliphatic heterocycles. The van der Waals surface area contributed by atoms with Gasteiger partial charge in [-0.25, -0.2) is 0 Å². The highest BCUT2D eigenvalue weighted by atomic mass is 16.3. The summed E-state index contributed by atoms with van der Waals surface area (Å²) in [7, 11) is 0. The van der Waals surface area contributed by atoms with E-state index in [1.807, 2.05) is 11.8 Å². The van der Waals surface area contributed by atoms with Crippen molar-refractivity contribution in [3.05, 3.63) is 0 Å². The fourth-order valence-corrected chi connectivity index (χ4v) is 1.81. The largest absolute Gasteiger partial charge is 0.396 e. The average molecular weight is 185 g/mol. The first-order valence-electron chi connectivity index (χ1n) is 5.16. The smallest absolute Gasteiger partial charge is 0.222 e. The first-order chi connectivity index (χ1) is 6.27. The normalized spacial score (nSPS) is 23.2. The molecule has 1 atom stereocenters. The summed E-state index contributed by atoms with van der Waals surface area (Å²) in [5.74, 6) is 0.565. The fraction of sp³-hybridized carbons (Fsp3) is 0.900. The van der Waals surface area contributed by atoms with E-state index in [1.165, 1.54) is 0 Å². The second-order valence-corrected chi connectivity index (χ2v) is 3.78. The molecule has 13 heavy (non-hydrogen) atoms. The molecular formula is C10H19NO2. The van der Waals surface area contributed by atoms with E-state index in [-0.39, 0.29) is 12.5 Å². The highest BCUT2D eigenvalue weighted by molar-refractivity contribution is 5.76. The number of likely N-dealkylation sites (tertiary alicyclic amines) is 1. The first kappa shape index (κ1) is 10.5. The highest BCUT2D eigenvalue weighted by Crippen LogP contribution is 2.16. The summed E-state index contributed by atoms with van der Waals surface area (Å²) in [6.45, 7) is 3.88. The van der Waals surface area contributed by atoms with E-state index < -0.39 is 0 Å². The third-order valence-electron chi connectivity index (χ3n) is 2.59. The SMILES string of the molecule is CCCC(=O)N1CCC[C@@H](CO)C1. The van der Waals surface area contributed by atoms with Crippen LogP contribution in [0, 0.1) is 5.92 Å². The van der Waals surface area contributed by atoms with Gasteiger partial charge in [0.2, 0.25) is 5.91 Å². The van der Waals surface area contributed by atoms with Gasteiger partial charge in [-0.3, -0.25) is 4.79 Å². The monoisotopic (exact) mass is 185 g/mol. The van der Waals surface area contributed by atoms with E-state index in [2.05, 4.69) is 0 Å². The molecule has 1 heterocycles. The molecule has 3 nitrogen and oxygen atoms in total. The van der Waals surface area contributed by atoms with Crippen LogP contribution in [0.5, 0.6) is 0 Å². The summed E-state index contributed by atoms with van der Waals surface area (Å²) >= 11 is 0. The van der Waals surface area contributed by atoms with Gasteiger partial charge in [-0.05, 0) is 25.2 Å². The second-order valence-electron chi connectivity index (χ2n) is 3.78. The summed E-state index contributed by atoms with van der Waals surface area (Å²) in [5.41, 5.74) is 0. The van der Waals surface area contributed by atoms with Crippen LogP contribution in [0.25, 0.3) is 0 Å². The molecule has 0 radical (unpaired) electrons. The number of aliphatic hydroxyl groups is 1. The van der Waals surface area contributed by atoms with Gasteiger partial charge in [0.05, 0.1) is 0 Å². The molecule has 0 aromatic carbocycles. The first-order valence-corrected chi connectivity index (χ1v) is 5.16. The number of rotatable bonds is 3. The number of hydrogen-bond acceptors (Lipinski definition) is 2. The maximum atomic E-state index is 11.5. The Balaban J connectivity index is 2.37. The Kier molecular flexibility index (Phi) is 4.22. The quantitative estimate of drug-likeness (QED) is 0.713. The predicted octanol–water partition coefficient (Wildman–Crippen LogP) is 1.02. The van der Waals surface area contributed by atoms with Crippen molar-refractivity contribution in [3.63, 3.8) is 0 Å². The number of nitrogens with zero attached hydrogens (tertiary/aromatic N) is 1. The Labute approximate surface area is 79.7 Å². The zero-order chi connectivity index (χ0) is 9.68. The minimum atomic E-state index is 0.218. The summed E-state index contributed by atoms with van der Waals surface area (Å²) in [4.78, 5) is 13.4. The van der Waals surface area contributed by atoms with E-state index in [9.17, 15) is 4.79 Å². The molecule has 3 heteroatoms. The zero-order valence-corrected chi connectivity index (χ0v) is 8.33. The Hall–Kier alpha value is -0.570. The molecule has 1 N–H and O–H groups in total. The molecule has 1 saturated heterocycles. The van der Waals surface area contributed by atoms with Gasteiger partial charge in [0.1, 0.15) is 0 Å². The number of hydrogen-bond donors (Lipinski definition) is 1. The number of piperidine rings is 1. The maximum Gasteiger partial charge on any atom is 0.222 e. The van der Waals surface area contributed by atoms with Gasteiger partial charge in [-0.2, -0.15) is 0 Å². The molecular weight excluding hydrogens is 166 g/mol. The highest BCUT2D eigenvalue weighted by Gasteiger charge is 2.21. The van der Waals surface area contributed by atoms with E-state index >= 15 is 0 Å². The molecule has 1 aliphatic rings. The van der Waals surface area contributed by atoms with Crippen LogP contribution in [0.4, 0.5) is 0 Å². The molecule has 1 fully saturated rings. The van der Waals surface area contributed by atoms with Crippen molar-refractivity contribution in [2.45, 2.75) is 32.6 Å². The van der Waals surface area contributed by atoms with Gasteiger partial charge in [-0.1, -0.05) is 6.92 Å². The molecule has 0 aromatic rings. The molecule has 0 bridgehead atoms. The molecule has 1 rings (SSSR count). The summed E-state index contributed by atoms with van der Waals surface area (Å²) in [6.07, 6.45) is 3.67. The van der Waals surface area contributed by atoms with Gasteiger partial charge < -0.3 is 10.0 Å². The molecule has 76 valence electrons. The minimum absolute atomic E-state index is 0.218. The fourth-order valence-electron chi connectivity index (χ4n) is 1.81. The summed E-state index contributed by atoms with van der Waals surface area (Å²) in [5, 5.41) is 8.98. The van der Waals surface area contributed by atoms with E-state index in [1.54, 1.807) is 0 Å². The van der Waals surface area contributed by atoms with Crippen molar-refractivity contribution in [2.24, 2.45) is 5.92 Å². The van der Waals surface area contributed by atoms with Crippen LogP contribution >= 0.6 is 0 Å². The van der Waals surface area contributed by atoms with Crippen molar-refractivity contribution < 1.29 is 9.90 Å². The van der Waals surface area contributed by atoms with Gasteiger partial charge >= 0.3 is 0 Å². The van der Waals surface area contributed by atoms with E-state index in [0.717, 1.165) is 32.4 Å². The van der Waals surface area contributed by atoms with Crippen LogP contribution in [-0.4, -0.2) is 35.6 Å². The van der Waals surface area contributed by atoms with Crippen LogP contribution in [-0.2, 0) is 4.79 Å². The number of carbonyl (C=O) groups is 1. The molecule has 0 aliphatic carbocycles. The lowest BCUT2D eigenvalue weighted by atomic mass is 9.99. The Bertz CT molecular complexity index is 170. The van der Waals surface area contributed by atoms with E-state index in [0.29, 0.717) is 12.3 Å². The minimum Gasteiger partial charge on any atom is -0.396 e. The zero-order valence-electron chi connectivity index (χ0n) is 8.33. The van der Waals surface area contributed by atoms with E-state index in [4.69, 9.17) is 5.11 Å². The van der Waals surface area contributed by atoms with Gasteiger partial charge in [0, 0.05) is 26.1 Å². The predicted molar refractivity (Wildman–Crippen MR) is 51.3 cm³/mol. The Morgan fingerprint density at radius 2 is 2.38 bits per heavy atom. The van der Waals surface area contributed by atoms with Crippen LogP contribution in [0.1, 0.15) is 32.6 Å². The van der Waals surface area contributed by atoms with Crippen molar-refractivity contribution in [1.29, 1.82) is 0 Å². The van der Waals surface area contributed by atoms with Crippen LogP contribution in [0.2, 0.25) is 0 Å². The van der Waals surface area contributed by atoms with Crippen molar-refractivity contribution >= 4 is 5.91 Å². The maximum absolute atomic E-state index is 11.5. The topological polar surface area (TPSA) is 40.5 Å². The lowest BCUT2D eigenvalue weighted by Crippen LogP contribution is -2.40. The Morgan fingerprint density at radius 3 is 3.00 bits per heavy atom. The summed E-state index contributed by atoms with van der Waals surface area (Å²) in [6, 6.07) is 0. The third-order valence-corrected chi connectivity index (χ3v) is 2.59. The molecule has 0 spiro atoms. The summed E-state index contributed by atoms with van der Waals surface area (Å²) < 4.78 is 0. The molecule has 0 saturated carbocycles. The lowest BCUT2D eigenvalue weighted by Gasteiger charge is -2.31. The van der Waals surface area contributed by atoms with Crippen LogP contribution in [0.15, 0.2) is 0 Å². The number of aliphatic hydroxyl groups excluding tert-OH is 1. The number of amides is 1. The third kappa shape index (κ3) is 2.99. The standard InChI is InChI=1S/C10H19NO2/c1-2-4-10(13)11-6-3-5-9(7-11)8-12/h9,12H,2-8H2,1H3/t9-/m1/s1. The second kappa shape index (κ2) is 5.22. The molecule has 1 amide bonds. The average Bonchev–Trinajstić information content (AvgIpc) is 2.18. The van der Waals surface area contributed by atoms with Gasteiger partial charge in [-0.15, -0.1) is 0 Å². The van der Waals surface area contributed by atoms with Crippen LogP contribution in [0.3, 0.4) is 0 Å². The molecule has 0 aromatic heterocycles. The van der Waals surface area contributed by atoms with Gasteiger partial charge in [0.15, 0.2) is 0 Å². The molecule has 0 unspecified atom stereocenters. The van der Waals surface area contributed by atoms with Crippen molar-refractivity contribution in [3.8, 4) is 0 Å². The Morgan fingerprint density at radius 1 is 1.62 bits per heavy atom. The lowest BCUT2D eigenvalue weighted by molar-refractivity contribution is -0.133. The van der Waals surface area contributed by atoms with Gasteiger partial charge in [0.25, 0.3) is 0 Å².